The lowest BCUT2D eigenvalue weighted by molar-refractivity contribution is -0.385. The second kappa shape index (κ2) is 11.0. The molecular formula is C25H26N2O7. The van der Waals surface area contributed by atoms with E-state index >= 15 is 0 Å². The van der Waals surface area contributed by atoms with Gasteiger partial charge in [-0.1, -0.05) is 6.07 Å². The van der Waals surface area contributed by atoms with Gasteiger partial charge in [-0.2, -0.15) is 0 Å². The van der Waals surface area contributed by atoms with Crippen LogP contribution in [-0.2, 0) is 0 Å². The fourth-order valence-corrected chi connectivity index (χ4v) is 3.52. The maximum Gasteiger partial charge on any atom is 0.311 e. The third-order valence-corrected chi connectivity index (χ3v) is 5.33. The van der Waals surface area contributed by atoms with Gasteiger partial charge in [0.1, 0.15) is 5.75 Å². The molecule has 3 rings (SSSR count). The van der Waals surface area contributed by atoms with E-state index in [1.807, 2.05) is 12.1 Å². The van der Waals surface area contributed by atoms with Gasteiger partial charge in [0.15, 0.2) is 23.0 Å². The lowest BCUT2D eigenvalue weighted by Crippen LogP contribution is -2.16. The summed E-state index contributed by atoms with van der Waals surface area (Å²) >= 11 is 0. The number of nitro groups is 1. The Hall–Kier alpha value is -4.27. The molecule has 0 aliphatic carbocycles. The van der Waals surface area contributed by atoms with Crippen molar-refractivity contribution in [1.29, 1.82) is 0 Å². The van der Waals surface area contributed by atoms with Crippen LogP contribution in [0.4, 0.5) is 11.4 Å². The molecule has 0 saturated carbocycles. The first-order chi connectivity index (χ1) is 16.4. The van der Waals surface area contributed by atoms with Crippen LogP contribution >= 0.6 is 0 Å². The van der Waals surface area contributed by atoms with Gasteiger partial charge < -0.3 is 24.3 Å². The molecule has 3 aromatic rings. The fourth-order valence-electron chi connectivity index (χ4n) is 3.52. The first kappa shape index (κ1) is 24.4. The van der Waals surface area contributed by atoms with Gasteiger partial charge in [-0.3, -0.25) is 14.9 Å². The summed E-state index contributed by atoms with van der Waals surface area (Å²) in [7, 11) is 5.96. The average molecular weight is 466 g/mol. The maximum absolute atomic E-state index is 13.2. The van der Waals surface area contributed by atoms with E-state index in [-0.39, 0.29) is 23.6 Å². The molecule has 178 valence electrons. The smallest absolute Gasteiger partial charge is 0.311 e. The molecule has 0 fully saturated rings. The molecule has 9 nitrogen and oxygen atoms in total. The van der Waals surface area contributed by atoms with Gasteiger partial charge in [-0.15, -0.1) is 0 Å². The van der Waals surface area contributed by atoms with Crippen molar-refractivity contribution in [2.45, 2.75) is 12.5 Å². The van der Waals surface area contributed by atoms with E-state index in [0.29, 0.717) is 28.4 Å². The summed E-state index contributed by atoms with van der Waals surface area (Å²) in [5.41, 5.74) is 1.55. The van der Waals surface area contributed by atoms with Crippen LogP contribution in [-0.4, -0.2) is 39.1 Å². The minimum Gasteiger partial charge on any atom is -0.497 e. The van der Waals surface area contributed by atoms with Crippen molar-refractivity contribution >= 4 is 17.2 Å². The molecule has 0 aliphatic rings. The van der Waals surface area contributed by atoms with Gasteiger partial charge in [-0.25, -0.2) is 0 Å². The summed E-state index contributed by atoms with van der Waals surface area (Å²) in [6.45, 7) is 0. The van der Waals surface area contributed by atoms with Gasteiger partial charge in [0.25, 0.3) is 0 Å². The highest BCUT2D eigenvalue weighted by molar-refractivity contribution is 5.97. The molecule has 9 heteroatoms. The van der Waals surface area contributed by atoms with Crippen molar-refractivity contribution in [2.75, 3.05) is 33.8 Å². The topological polar surface area (TPSA) is 109 Å². The van der Waals surface area contributed by atoms with Crippen molar-refractivity contribution < 1.29 is 28.7 Å². The minimum atomic E-state index is -0.557. The number of carbonyl (C=O) groups is 1. The van der Waals surface area contributed by atoms with Crippen molar-refractivity contribution in [3.8, 4) is 23.0 Å². The Morgan fingerprint density at radius 2 is 1.50 bits per heavy atom. The number of ketones is 1. The first-order valence-corrected chi connectivity index (χ1v) is 10.4. The van der Waals surface area contributed by atoms with E-state index in [1.54, 1.807) is 43.5 Å². The monoisotopic (exact) mass is 466 g/mol. The molecule has 0 saturated heterocycles. The fraction of sp³-hybridized carbons (Fsp3) is 0.240. The molecule has 0 spiro atoms. The van der Waals surface area contributed by atoms with Gasteiger partial charge in [0.05, 0.1) is 39.4 Å². The summed E-state index contributed by atoms with van der Waals surface area (Å²) < 4.78 is 20.9. The van der Waals surface area contributed by atoms with Crippen LogP contribution in [0.5, 0.6) is 23.0 Å². The Bertz CT molecular complexity index is 1160. The Balaban J connectivity index is 1.96. The average Bonchev–Trinajstić information content (AvgIpc) is 2.87. The number of nitrogens with zero attached hydrogens (tertiary/aromatic N) is 1. The Morgan fingerprint density at radius 1 is 0.853 bits per heavy atom. The van der Waals surface area contributed by atoms with Crippen LogP contribution in [0.1, 0.15) is 28.4 Å². The highest BCUT2D eigenvalue weighted by Gasteiger charge is 2.23. The normalized spacial score (nSPS) is 11.3. The highest BCUT2D eigenvalue weighted by Crippen LogP contribution is 2.34. The molecule has 0 amide bonds. The molecule has 1 unspecified atom stereocenters. The quantitative estimate of drug-likeness (QED) is 0.237. The largest absolute Gasteiger partial charge is 0.497 e. The number of hydrogen-bond donors (Lipinski definition) is 1. The third kappa shape index (κ3) is 5.55. The zero-order chi connectivity index (χ0) is 24.7. The van der Waals surface area contributed by atoms with E-state index < -0.39 is 11.0 Å². The Morgan fingerprint density at radius 3 is 2.09 bits per heavy atom. The van der Waals surface area contributed by atoms with E-state index in [9.17, 15) is 14.9 Å². The number of ether oxygens (including phenoxy) is 4. The molecular weight excluding hydrogens is 440 g/mol. The summed E-state index contributed by atoms with van der Waals surface area (Å²) in [6, 6.07) is 16.2. The van der Waals surface area contributed by atoms with Gasteiger partial charge in [0.2, 0.25) is 0 Å². The maximum atomic E-state index is 13.2. The number of anilines is 1. The highest BCUT2D eigenvalue weighted by atomic mass is 16.6. The van der Waals surface area contributed by atoms with Crippen LogP contribution in [0.3, 0.4) is 0 Å². The van der Waals surface area contributed by atoms with Crippen LogP contribution < -0.4 is 24.3 Å². The number of benzene rings is 3. The van der Waals surface area contributed by atoms with E-state index in [2.05, 4.69) is 5.32 Å². The number of rotatable bonds is 11. The molecule has 1 atom stereocenters. The van der Waals surface area contributed by atoms with Crippen LogP contribution in [0, 0.1) is 10.1 Å². The van der Waals surface area contributed by atoms with E-state index in [4.69, 9.17) is 18.9 Å². The van der Waals surface area contributed by atoms with Crippen LogP contribution in [0.25, 0.3) is 0 Å². The number of hydrogen-bond acceptors (Lipinski definition) is 8. The summed E-state index contributed by atoms with van der Waals surface area (Å²) in [5, 5.41) is 14.9. The zero-order valence-corrected chi connectivity index (χ0v) is 19.4. The molecule has 0 aliphatic heterocycles. The number of nitrogens with one attached hydrogen (secondary N) is 1. The second-order valence-corrected chi connectivity index (χ2v) is 7.31. The molecule has 3 aromatic carbocycles. The summed E-state index contributed by atoms with van der Waals surface area (Å²) in [5.74, 6) is 1.60. The molecule has 0 aromatic heterocycles. The van der Waals surface area contributed by atoms with Crippen molar-refractivity contribution in [3.63, 3.8) is 0 Å². The molecule has 0 heterocycles. The molecule has 34 heavy (non-hydrogen) atoms. The molecule has 1 N–H and O–H groups in total. The van der Waals surface area contributed by atoms with Gasteiger partial charge in [-0.05, 0) is 54.1 Å². The third-order valence-electron chi connectivity index (χ3n) is 5.33. The Kier molecular flexibility index (Phi) is 7.92. The lowest BCUT2D eigenvalue weighted by atomic mass is 9.96. The minimum absolute atomic E-state index is 0.0327. The lowest BCUT2D eigenvalue weighted by Gasteiger charge is -2.21. The number of carbonyl (C=O) groups excluding carboxylic acids is 1. The van der Waals surface area contributed by atoms with Crippen molar-refractivity contribution in [1.82, 2.24) is 0 Å². The number of nitro benzene ring substituents is 1. The summed E-state index contributed by atoms with van der Waals surface area (Å²) in [6.07, 6.45) is 0.0327. The van der Waals surface area contributed by atoms with E-state index in [0.717, 1.165) is 5.69 Å². The standard InChI is InChI=1S/C25H26N2O7/c1-31-19-9-7-18(8-10-19)26-20(16-5-11-23(32-2)21(13-16)27(29)30)15-22(28)17-6-12-24(33-3)25(14-17)34-4/h5-14,20,26H,15H2,1-4H3. The SMILES string of the molecule is COc1ccc(NC(CC(=O)c2ccc(OC)c(OC)c2)c2ccc(OC)c([N+](=O)[O-])c2)cc1. The predicted molar refractivity (Wildman–Crippen MR) is 127 cm³/mol. The van der Waals surface area contributed by atoms with Gasteiger partial charge in [0, 0.05) is 23.7 Å². The Labute approximate surface area is 197 Å². The number of methoxy groups -OCH3 is 4. The number of Topliss-reactive ketones (excluding diaryl/α,β-unsaturated/α-hetero) is 1. The zero-order valence-electron chi connectivity index (χ0n) is 19.4. The van der Waals surface area contributed by atoms with Crippen LogP contribution in [0.15, 0.2) is 60.7 Å². The molecule has 0 radical (unpaired) electrons. The first-order valence-electron chi connectivity index (χ1n) is 10.4. The second-order valence-electron chi connectivity index (χ2n) is 7.31. The van der Waals surface area contributed by atoms with Crippen LogP contribution in [0.2, 0.25) is 0 Å². The van der Waals surface area contributed by atoms with Crippen molar-refractivity contribution in [2.24, 2.45) is 0 Å². The predicted octanol–water partition coefficient (Wildman–Crippen LogP) is 5.06. The van der Waals surface area contributed by atoms with Crippen molar-refractivity contribution in [3.05, 3.63) is 81.9 Å². The summed E-state index contributed by atoms with van der Waals surface area (Å²) in [4.78, 5) is 24.3. The van der Waals surface area contributed by atoms with E-state index in [1.165, 1.54) is 33.5 Å². The molecule has 0 bridgehead atoms. The van der Waals surface area contributed by atoms with Gasteiger partial charge >= 0.3 is 5.69 Å².